The van der Waals surface area contributed by atoms with E-state index >= 15 is 0 Å². The molecule has 0 fully saturated rings. The highest BCUT2D eigenvalue weighted by Gasteiger charge is 2.33. The van der Waals surface area contributed by atoms with Crippen LogP contribution in [0.15, 0.2) is 48.5 Å². The summed E-state index contributed by atoms with van der Waals surface area (Å²) in [7, 11) is -3.18. The van der Waals surface area contributed by atoms with Crippen LogP contribution < -0.4 is 0 Å². The molecule has 0 atom stereocenters. The highest BCUT2D eigenvalue weighted by molar-refractivity contribution is 7.53. The van der Waals surface area contributed by atoms with E-state index in [-0.39, 0.29) is 49.5 Å². The average molecular weight is 1130 g/mol. The van der Waals surface area contributed by atoms with Gasteiger partial charge in [-0.3, -0.25) is 4.57 Å². The fourth-order valence-corrected chi connectivity index (χ4v) is 13.0. The van der Waals surface area contributed by atoms with Crippen molar-refractivity contribution < 1.29 is 34.0 Å². The molecule has 81 heavy (non-hydrogen) atoms. The summed E-state index contributed by atoms with van der Waals surface area (Å²) in [6, 6.07) is 17.3. The highest BCUT2D eigenvalue weighted by atomic mass is 31.2. The quantitative estimate of drug-likeness (QED) is 0.0920. The van der Waals surface area contributed by atoms with Gasteiger partial charge in [0.15, 0.2) is 0 Å². The van der Waals surface area contributed by atoms with Crippen LogP contribution in [0.4, 0.5) is 0 Å². The number of benzene rings is 5. The third-order valence-corrected chi connectivity index (χ3v) is 18.1. The van der Waals surface area contributed by atoms with E-state index in [0.29, 0.717) is 36.2 Å². The fraction of sp³-hybridized carbons (Fsp3) is 0.589. The van der Waals surface area contributed by atoms with E-state index in [1.54, 1.807) is 0 Å². The molecule has 0 unspecified atom stereocenters. The first-order chi connectivity index (χ1) is 36.4. The minimum atomic E-state index is -3.18. The normalized spacial score (nSPS) is 13.4. The van der Waals surface area contributed by atoms with Crippen LogP contribution in [-0.2, 0) is 82.4 Å². The Labute approximate surface area is 493 Å². The first-order valence-corrected chi connectivity index (χ1v) is 31.6. The van der Waals surface area contributed by atoms with Gasteiger partial charge in [-0.05, 0) is 197 Å². The van der Waals surface area contributed by atoms with Crippen LogP contribution >= 0.6 is 7.60 Å². The van der Waals surface area contributed by atoms with Gasteiger partial charge in [0.05, 0.1) is 19.4 Å². The van der Waals surface area contributed by atoms with Gasteiger partial charge in [0.2, 0.25) is 0 Å². The van der Waals surface area contributed by atoms with Crippen LogP contribution in [0.25, 0.3) is 0 Å². The monoisotopic (exact) mass is 1130 g/mol. The van der Waals surface area contributed by atoms with Gasteiger partial charge in [0, 0.05) is 0 Å². The van der Waals surface area contributed by atoms with Crippen molar-refractivity contribution in [3.63, 3.8) is 0 Å². The van der Waals surface area contributed by atoms with Gasteiger partial charge in [-0.2, -0.15) is 0 Å². The molecule has 8 heteroatoms. The number of hydrogen-bond donors (Lipinski definition) is 4. The van der Waals surface area contributed by atoms with Crippen molar-refractivity contribution in [1.82, 2.24) is 0 Å². The molecular formula is C73H111O7P. The summed E-state index contributed by atoms with van der Waals surface area (Å²) >= 11 is 0. The summed E-state index contributed by atoms with van der Waals surface area (Å²) in [4.78, 5) is 0. The lowest BCUT2D eigenvalue weighted by molar-refractivity contribution is 0.219. The molecule has 4 N–H and O–H groups in total. The van der Waals surface area contributed by atoms with Crippen molar-refractivity contribution in [2.75, 3.05) is 13.2 Å². The number of hydrogen-bond acceptors (Lipinski definition) is 7. The van der Waals surface area contributed by atoms with Crippen molar-refractivity contribution in [3.8, 4) is 23.0 Å². The lowest BCUT2D eigenvalue weighted by Crippen LogP contribution is -2.19. The molecule has 0 radical (unpaired) electrons. The summed E-state index contributed by atoms with van der Waals surface area (Å²) < 4.78 is 23.7. The lowest BCUT2D eigenvalue weighted by Gasteiger charge is -2.30. The van der Waals surface area contributed by atoms with E-state index in [0.717, 1.165) is 69.3 Å². The molecule has 5 rings (SSSR count). The Bertz CT molecular complexity index is 2690. The minimum absolute atomic E-state index is 0.209. The maximum atomic E-state index is 12.9. The molecule has 450 valence electrons. The Kier molecular flexibility index (Phi) is 20.6. The Hall–Kier alpha value is -4.55. The zero-order valence-corrected chi connectivity index (χ0v) is 57.2. The molecule has 5 aromatic rings. The van der Waals surface area contributed by atoms with Crippen molar-refractivity contribution in [1.29, 1.82) is 0 Å². The smallest absolute Gasteiger partial charge is 0.335 e. The van der Waals surface area contributed by atoms with Crippen molar-refractivity contribution >= 4 is 7.60 Å². The summed E-state index contributed by atoms with van der Waals surface area (Å²) in [6.45, 7) is 62.8. The topological polar surface area (TPSA) is 116 Å². The predicted octanol–water partition coefficient (Wildman–Crippen LogP) is 20.0. The summed E-state index contributed by atoms with van der Waals surface area (Å²) in [6.07, 6.45) is 2.45. The summed E-state index contributed by atoms with van der Waals surface area (Å²) in [5.74, 6) is 1.55. The maximum absolute atomic E-state index is 12.9. The van der Waals surface area contributed by atoms with Gasteiger partial charge in [0.1, 0.15) is 23.0 Å². The standard InChI is InChI=1S/C54H78O3.C19H33O4P/c1-31-37(22-34-25-40(49(4,5)6)46(55)41(26-34)50(7,8)9)32(2)39(24-36-29-44(53(16,17)18)48(57)45(30-36)54(19,20)21)33(3)38(31)23-35-27-42(51(10,11)12)47(56)43(28-35)52(13,14)15;1-9-22-24(21,23-10-2)13-14-11-15(18(3,4)5)17(20)16(12-14)19(6,7)8/h25-30,55-57H,22-24H2,1-21H3;11-12,20H,9-10,13H2,1-8H3. The largest absolute Gasteiger partial charge is 0.507 e. The van der Waals surface area contributed by atoms with Crippen LogP contribution in [0.3, 0.4) is 0 Å². The first-order valence-electron chi connectivity index (χ1n) is 29.8. The van der Waals surface area contributed by atoms with E-state index in [9.17, 15) is 25.0 Å². The molecular weight excluding hydrogens is 1020 g/mol. The Balaban J connectivity index is 0.000000491. The van der Waals surface area contributed by atoms with E-state index in [2.05, 4.69) is 223 Å². The molecule has 0 aliphatic heterocycles. The second-order valence-corrected chi connectivity index (χ2v) is 33.7. The van der Waals surface area contributed by atoms with E-state index < -0.39 is 7.60 Å². The van der Waals surface area contributed by atoms with Gasteiger partial charge in [0.25, 0.3) is 0 Å². The van der Waals surface area contributed by atoms with Gasteiger partial charge in [-0.15, -0.1) is 0 Å². The molecule has 5 aromatic carbocycles. The predicted molar refractivity (Wildman–Crippen MR) is 346 cm³/mol. The summed E-state index contributed by atoms with van der Waals surface area (Å²) in [5.41, 5.74) is 18.2. The highest BCUT2D eigenvalue weighted by Crippen LogP contribution is 2.53. The van der Waals surface area contributed by atoms with E-state index in [4.69, 9.17) is 9.05 Å². The van der Waals surface area contributed by atoms with Crippen molar-refractivity contribution in [2.24, 2.45) is 0 Å². The second-order valence-electron chi connectivity index (χ2n) is 31.6. The van der Waals surface area contributed by atoms with E-state index in [1.165, 1.54) is 50.1 Å². The van der Waals surface area contributed by atoms with Crippen LogP contribution in [0, 0.1) is 20.8 Å². The SMILES string of the molecule is CCOP(=O)(Cc1cc(C(C)(C)C)c(O)c(C(C)(C)C)c1)OCC.Cc1c(Cc2cc(C(C)(C)C)c(O)c(C(C)(C)C)c2)c(C)c(Cc2cc(C(C)(C)C)c(O)c(C(C)(C)C)c2)c(C)c1Cc1cc(C(C)(C)C)c(O)c(C(C)(C)C)c1. The fourth-order valence-electron chi connectivity index (χ4n) is 11.3. The zero-order valence-electron chi connectivity index (χ0n) is 56.3. The van der Waals surface area contributed by atoms with E-state index in [1.807, 2.05) is 26.0 Å². The van der Waals surface area contributed by atoms with Crippen LogP contribution in [0.5, 0.6) is 23.0 Å². The van der Waals surface area contributed by atoms with Crippen LogP contribution in [0.2, 0.25) is 0 Å². The van der Waals surface area contributed by atoms with Gasteiger partial charge in [-0.25, -0.2) is 0 Å². The molecule has 0 aliphatic carbocycles. The Morgan fingerprint density at radius 1 is 0.321 bits per heavy atom. The molecule has 0 bridgehead atoms. The lowest BCUT2D eigenvalue weighted by atomic mass is 9.75. The minimum Gasteiger partial charge on any atom is -0.507 e. The molecule has 0 heterocycles. The molecule has 0 aliphatic rings. The maximum Gasteiger partial charge on any atom is 0.335 e. The molecule has 7 nitrogen and oxygen atoms in total. The number of phenolic OH excluding ortho intramolecular Hbond substituents is 4. The Morgan fingerprint density at radius 3 is 0.630 bits per heavy atom. The average Bonchev–Trinajstić information content (AvgIpc) is 3.27. The van der Waals surface area contributed by atoms with Gasteiger partial charge >= 0.3 is 7.60 Å². The Morgan fingerprint density at radius 2 is 0.481 bits per heavy atom. The molecule has 0 aromatic heterocycles. The zero-order chi connectivity index (χ0) is 62.5. The summed E-state index contributed by atoms with van der Waals surface area (Å²) in [5, 5.41) is 45.7. The molecule has 0 saturated carbocycles. The van der Waals surface area contributed by atoms with Gasteiger partial charge in [-0.1, -0.05) is 215 Å². The number of aromatic hydroxyl groups is 4. The molecule has 0 saturated heterocycles. The third-order valence-electron chi connectivity index (χ3n) is 16.0. The number of phenols is 4. The van der Waals surface area contributed by atoms with Gasteiger partial charge < -0.3 is 29.5 Å². The molecule has 0 spiro atoms. The van der Waals surface area contributed by atoms with Crippen LogP contribution in [-0.4, -0.2) is 33.6 Å². The first kappa shape index (κ1) is 68.9. The van der Waals surface area contributed by atoms with Crippen molar-refractivity contribution in [2.45, 2.75) is 270 Å². The van der Waals surface area contributed by atoms with Crippen LogP contribution in [0.1, 0.15) is 280 Å². The third kappa shape index (κ3) is 16.6. The molecule has 0 amide bonds. The second kappa shape index (κ2) is 24.2. The van der Waals surface area contributed by atoms with Crippen molar-refractivity contribution in [3.05, 3.63) is 149 Å². The number of rotatable bonds is 12.